The van der Waals surface area contributed by atoms with Crippen molar-refractivity contribution in [3.05, 3.63) is 28.8 Å². The highest BCUT2D eigenvalue weighted by atomic mass is 16.5. The second kappa shape index (κ2) is 5.88. The Kier molecular flexibility index (Phi) is 4.75. The molecule has 0 aliphatic heterocycles. The summed E-state index contributed by atoms with van der Waals surface area (Å²) >= 11 is 0. The first-order valence-corrected chi connectivity index (χ1v) is 6.22. The Morgan fingerprint density at radius 2 is 1.83 bits per heavy atom. The molecule has 0 aliphatic rings. The van der Waals surface area contributed by atoms with Gasteiger partial charge in [-0.1, -0.05) is 17.7 Å². The zero-order chi connectivity index (χ0) is 13.8. The van der Waals surface area contributed by atoms with Gasteiger partial charge in [0.1, 0.15) is 11.3 Å². The van der Waals surface area contributed by atoms with E-state index in [1.165, 1.54) is 5.56 Å². The van der Waals surface area contributed by atoms with E-state index in [0.717, 1.165) is 16.9 Å². The van der Waals surface area contributed by atoms with E-state index in [1.54, 1.807) is 7.05 Å². The third-order valence-corrected chi connectivity index (χ3v) is 3.25. The van der Waals surface area contributed by atoms with Crippen molar-refractivity contribution in [3.8, 4) is 11.8 Å². The molecule has 1 N–H and O–H groups in total. The molecule has 0 radical (unpaired) electrons. The summed E-state index contributed by atoms with van der Waals surface area (Å²) in [6.07, 6.45) is 0.659. The fraction of sp³-hybridized carbons (Fsp3) is 0.533. The van der Waals surface area contributed by atoms with Gasteiger partial charge < -0.3 is 10.1 Å². The maximum Gasteiger partial charge on any atom is 0.125 e. The molecular formula is C15H22N2O. The molecule has 3 heteroatoms. The number of nitrogens with one attached hydrogen (secondary N) is 1. The molecule has 98 valence electrons. The third-order valence-electron chi connectivity index (χ3n) is 3.25. The van der Waals surface area contributed by atoms with E-state index < -0.39 is 5.54 Å². The van der Waals surface area contributed by atoms with Crippen LogP contribution in [0.4, 0.5) is 0 Å². The smallest absolute Gasteiger partial charge is 0.125 e. The number of nitrogens with zero attached hydrogens (tertiary/aromatic N) is 1. The van der Waals surface area contributed by atoms with E-state index in [4.69, 9.17) is 10.00 Å². The van der Waals surface area contributed by atoms with Gasteiger partial charge in [0.15, 0.2) is 0 Å². The Bertz CT molecular complexity index is 439. The summed E-state index contributed by atoms with van der Waals surface area (Å²) in [6, 6.07) is 6.49. The van der Waals surface area contributed by atoms with Crippen molar-refractivity contribution in [1.82, 2.24) is 5.32 Å². The van der Waals surface area contributed by atoms with Crippen molar-refractivity contribution >= 4 is 0 Å². The molecule has 1 aromatic rings. The van der Waals surface area contributed by atoms with Crippen LogP contribution in [0.15, 0.2) is 12.1 Å². The molecule has 0 amide bonds. The number of rotatable bonds is 5. The molecule has 0 saturated heterocycles. The molecule has 0 saturated carbocycles. The van der Waals surface area contributed by atoms with Crippen LogP contribution in [0.1, 0.15) is 30.0 Å². The zero-order valence-electron chi connectivity index (χ0n) is 11.9. The minimum absolute atomic E-state index is 0.521. The SMILES string of the molecule is CNC(C)(C#N)CCOc1c(C)cc(C)cc1C. The quantitative estimate of drug-likeness (QED) is 0.869. The molecule has 0 fully saturated rings. The highest BCUT2D eigenvalue weighted by Crippen LogP contribution is 2.25. The van der Waals surface area contributed by atoms with Gasteiger partial charge in [0.2, 0.25) is 0 Å². The number of hydrogen-bond donors (Lipinski definition) is 1. The minimum atomic E-state index is -0.521. The Labute approximate surface area is 110 Å². The lowest BCUT2D eigenvalue weighted by Gasteiger charge is -2.21. The third kappa shape index (κ3) is 3.48. The zero-order valence-corrected chi connectivity index (χ0v) is 11.9. The van der Waals surface area contributed by atoms with Gasteiger partial charge in [-0.15, -0.1) is 0 Å². The molecule has 0 heterocycles. The lowest BCUT2D eigenvalue weighted by atomic mass is 10.0. The minimum Gasteiger partial charge on any atom is -0.493 e. The summed E-state index contributed by atoms with van der Waals surface area (Å²) in [5.74, 6) is 0.942. The lowest BCUT2D eigenvalue weighted by molar-refractivity contribution is 0.270. The van der Waals surface area contributed by atoms with Crippen LogP contribution < -0.4 is 10.1 Å². The summed E-state index contributed by atoms with van der Waals surface area (Å²) in [6.45, 7) is 8.60. The van der Waals surface area contributed by atoms with Crippen molar-refractivity contribution in [2.24, 2.45) is 0 Å². The second-order valence-electron chi connectivity index (χ2n) is 5.02. The van der Waals surface area contributed by atoms with E-state index in [-0.39, 0.29) is 0 Å². The van der Waals surface area contributed by atoms with Crippen LogP contribution in [0.25, 0.3) is 0 Å². The van der Waals surface area contributed by atoms with Gasteiger partial charge in [-0.05, 0) is 45.9 Å². The highest BCUT2D eigenvalue weighted by molar-refractivity contribution is 5.42. The van der Waals surface area contributed by atoms with Crippen molar-refractivity contribution < 1.29 is 4.74 Å². The largest absolute Gasteiger partial charge is 0.493 e. The summed E-state index contributed by atoms with van der Waals surface area (Å²) in [4.78, 5) is 0. The van der Waals surface area contributed by atoms with Gasteiger partial charge >= 0.3 is 0 Å². The van der Waals surface area contributed by atoms with Gasteiger partial charge in [-0.2, -0.15) is 5.26 Å². The van der Waals surface area contributed by atoms with Crippen molar-refractivity contribution in [1.29, 1.82) is 5.26 Å². The van der Waals surface area contributed by atoms with Crippen LogP contribution in [-0.4, -0.2) is 19.2 Å². The molecule has 0 bridgehead atoms. The summed E-state index contributed by atoms with van der Waals surface area (Å²) < 4.78 is 5.83. The molecule has 3 nitrogen and oxygen atoms in total. The summed E-state index contributed by atoms with van der Waals surface area (Å²) in [5, 5.41) is 12.1. The first kappa shape index (κ1) is 14.5. The fourth-order valence-electron chi connectivity index (χ4n) is 1.99. The van der Waals surface area contributed by atoms with Gasteiger partial charge in [0.05, 0.1) is 12.7 Å². The first-order chi connectivity index (χ1) is 8.41. The Balaban J connectivity index is 2.68. The Morgan fingerprint density at radius 3 is 2.28 bits per heavy atom. The monoisotopic (exact) mass is 246 g/mol. The van der Waals surface area contributed by atoms with Crippen LogP contribution in [-0.2, 0) is 0 Å². The Morgan fingerprint density at radius 1 is 1.28 bits per heavy atom. The number of ether oxygens (including phenoxy) is 1. The molecule has 1 atom stereocenters. The molecule has 0 spiro atoms. The normalized spacial score (nSPS) is 13.8. The van der Waals surface area contributed by atoms with Gasteiger partial charge in [-0.25, -0.2) is 0 Å². The van der Waals surface area contributed by atoms with E-state index in [0.29, 0.717) is 13.0 Å². The predicted octanol–water partition coefficient (Wildman–Crippen LogP) is 2.88. The van der Waals surface area contributed by atoms with Gasteiger partial charge in [0.25, 0.3) is 0 Å². The number of nitriles is 1. The van der Waals surface area contributed by atoms with E-state index >= 15 is 0 Å². The average molecular weight is 246 g/mol. The topological polar surface area (TPSA) is 45.0 Å². The van der Waals surface area contributed by atoms with Crippen LogP contribution in [0.2, 0.25) is 0 Å². The summed E-state index contributed by atoms with van der Waals surface area (Å²) in [7, 11) is 1.80. The molecule has 18 heavy (non-hydrogen) atoms. The molecular weight excluding hydrogens is 224 g/mol. The van der Waals surface area contributed by atoms with E-state index in [1.807, 2.05) is 6.92 Å². The molecule has 1 rings (SSSR count). The first-order valence-electron chi connectivity index (χ1n) is 6.22. The molecule has 0 aliphatic carbocycles. The average Bonchev–Trinajstić information content (AvgIpc) is 2.32. The number of benzene rings is 1. The van der Waals surface area contributed by atoms with E-state index in [2.05, 4.69) is 44.3 Å². The van der Waals surface area contributed by atoms with Gasteiger partial charge in [0, 0.05) is 6.42 Å². The standard InChI is InChI=1S/C15H22N2O/c1-11-8-12(2)14(13(3)9-11)18-7-6-15(4,10-16)17-5/h8-9,17H,6-7H2,1-5H3. The number of hydrogen-bond acceptors (Lipinski definition) is 3. The molecule has 1 unspecified atom stereocenters. The maximum atomic E-state index is 9.06. The van der Waals surface area contributed by atoms with E-state index in [9.17, 15) is 0 Å². The van der Waals surface area contributed by atoms with Crippen molar-refractivity contribution in [2.45, 2.75) is 39.7 Å². The van der Waals surface area contributed by atoms with Crippen molar-refractivity contribution in [2.75, 3.05) is 13.7 Å². The van der Waals surface area contributed by atoms with Gasteiger partial charge in [-0.3, -0.25) is 0 Å². The van der Waals surface area contributed by atoms with Crippen LogP contribution in [0.5, 0.6) is 5.75 Å². The second-order valence-corrected chi connectivity index (χ2v) is 5.02. The Hall–Kier alpha value is -1.53. The lowest BCUT2D eigenvalue weighted by Crippen LogP contribution is -2.39. The van der Waals surface area contributed by atoms with Crippen molar-refractivity contribution in [3.63, 3.8) is 0 Å². The summed E-state index contributed by atoms with van der Waals surface area (Å²) in [5.41, 5.74) is 3.02. The molecule has 0 aromatic heterocycles. The predicted molar refractivity (Wildman–Crippen MR) is 73.8 cm³/mol. The van der Waals surface area contributed by atoms with Crippen LogP contribution in [0.3, 0.4) is 0 Å². The highest BCUT2D eigenvalue weighted by Gasteiger charge is 2.21. The molecule has 1 aromatic carbocycles. The van der Waals surface area contributed by atoms with Crippen LogP contribution >= 0.6 is 0 Å². The fourth-order valence-corrected chi connectivity index (χ4v) is 1.99. The number of aryl methyl sites for hydroxylation is 3. The van der Waals surface area contributed by atoms with Crippen LogP contribution in [0, 0.1) is 32.1 Å². The maximum absolute atomic E-state index is 9.06.